The van der Waals surface area contributed by atoms with Gasteiger partial charge in [0.15, 0.2) is 0 Å². The molecule has 3 rings (SSSR count). The van der Waals surface area contributed by atoms with Crippen molar-refractivity contribution in [3.05, 3.63) is 47.3 Å². The van der Waals surface area contributed by atoms with Gasteiger partial charge < -0.3 is 4.90 Å². The number of nitrogens with zero attached hydrogens (tertiary/aromatic N) is 1. The van der Waals surface area contributed by atoms with Crippen molar-refractivity contribution in [1.82, 2.24) is 4.72 Å². The predicted molar refractivity (Wildman–Crippen MR) is 91.0 cm³/mol. The largest absolute Gasteiger partial charge is 0.371 e. The molecule has 118 valence electrons. The van der Waals surface area contributed by atoms with E-state index in [1.165, 1.54) is 17.0 Å². The van der Waals surface area contributed by atoms with E-state index in [0.29, 0.717) is 16.7 Å². The number of benzene rings is 1. The second kappa shape index (κ2) is 6.40. The van der Waals surface area contributed by atoms with Gasteiger partial charge in [-0.3, -0.25) is 0 Å². The molecule has 0 amide bonds. The van der Waals surface area contributed by atoms with Crippen LogP contribution >= 0.6 is 11.3 Å². The number of para-hydroxylation sites is 1. The monoisotopic (exact) mass is 336 g/mol. The Morgan fingerprint density at radius 1 is 1.23 bits per heavy atom. The second-order valence-electron chi connectivity index (χ2n) is 5.65. The van der Waals surface area contributed by atoms with Crippen LogP contribution in [0.5, 0.6) is 0 Å². The molecular weight excluding hydrogens is 316 g/mol. The number of hydrogen-bond acceptors (Lipinski definition) is 4. The highest BCUT2D eigenvalue weighted by Gasteiger charge is 2.25. The van der Waals surface area contributed by atoms with Gasteiger partial charge in [-0.1, -0.05) is 18.2 Å². The summed E-state index contributed by atoms with van der Waals surface area (Å²) in [6.07, 6.45) is 1.01. The summed E-state index contributed by atoms with van der Waals surface area (Å²) in [5.74, 6) is 0.357. The molecule has 22 heavy (non-hydrogen) atoms. The van der Waals surface area contributed by atoms with Crippen LogP contribution in [-0.4, -0.2) is 28.1 Å². The van der Waals surface area contributed by atoms with E-state index < -0.39 is 10.0 Å². The molecule has 1 aromatic heterocycles. The zero-order valence-corrected chi connectivity index (χ0v) is 14.2. The fraction of sp³-hybridized carbons (Fsp3) is 0.375. The molecule has 1 aliphatic heterocycles. The number of sulfonamides is 1. The number of thiophene rings is 1. The van der Waals surface area contributed by atoms with Gasteiger partial charge in [0.05, 0.1) is 0 Å². The van der Waals surface area contributed by atoms with Gasteiger partial charge >= 0.3 is 0 Å². The lowest BCUT2D eigenvalue weighted by Crippen LogP contribution is -2.30. The molecule has 1 atom stereocenters. The minimum absolute atomic E-state index is 0.357. The Kier molecular flexibility index (Phi) is 4.52. The normalized spacial score (nSPS) is 18.8. The van der Waals surface area contributed by atoms with Gasteiger partial charge in [-0.25, -0.2) is 13.1 Å². The van der Waals surface area contributed by atoms with Crippen LogP contribution in [0.25, 0.3) is 0 Å². The number of aryl methyl sites for hydroxylation is 1. The summed E-state index contributed by atoms with van der Waals surface area (Å²) in [5.41, 5.74) is 1.21. The number of rotatable bonds is 5. The zero-order chi connectivity index (χ0) is 15.6. The SMILES string of the molecule is Cc1ccc(S(=O)(=O)NCC2CCN(c3ccccc3)C2)s1. The fourth-order valence-corrected chi connectivity index (χ4v) is 5.17. The van der Waals surface area contributed by atoms with Gasteiger partial charge in [-0.15, -0.1) is 11.3 Å². The molecule has 1 aromatic carbocycles. The van der Waals surface area contributed by atoms with E-state index in [-0.39, 0.29) is 0 Å². The number of anilines is 1. The van der Waals surface area contributed by atoms with Gasteiger partial charge in [-0.2, -0.15) is 0 Å². The summed E-state index contributed by atoms with van der Waals surface area (Å²) >= 11 is 1.31. The van der Waals surface area contributed by atoms with Crippen molar-refractivity contribution >= 4 is 27.0 Å². The van der Waals surface area contributed by atoms with Crippen LogP contribution in [0, 0.1) is 12.8 Å². The number of nitrogens with one attached hydrogen (secondary N) is 1. The molecule has 1 saturated heterocycles. The Morgan fingerprint density at radius 2 is 2.00 bits per heavy atom. The minimum Gasteiger partial charge on any atom is -0.371 e. The zero-order valence-electron chi connectivity index (χ0n) is 12.5. The van der Waals surface area contributed by atoms with Crippen molar-refractivity contribution in [3.8, 4) is 0 Å². The molecule has 0 radical (unpaired) electrons. The Hall–Kier alpha value is -1.37. The third-order valence-electron chi connectivity index (χ3n) is 3.95. The summed E-state index contributed by atoms with van der Waals surface area (Å²) in [6, 6.07) is 13.8. The Bertz CT molecular complexity index is 726. The summed E-state index contributed by atoms with van der Waals surface area (Å²) in [6.45, 7) is 4.30. The molecule has 0 aliphatic carbocycles. The van der Waals surface area contributed by atoms with Crippen LogP contribution in [0.2, 0.25) is 0 Å². The van der Waals surface area contributed by atoms with E-state index in [4.69, 9.17) is 0 Å². The molecule has 0 saturated carbocycles. The van der Waals surface area contributed by atoms with Crippen molar-refractivity contribution in [3.63, 3.8) is 0 Å². The Balaban J connectivity index is 1.57. The molecule has 2 heterocycles. The van der Waals surface area contributed by atoms with E-state index >= 15 is 0 Å². The quantitative estimate of drug-likeness (QED) is 0.913. The van der Waals surface area contributed by atoms with Gasteiger partial charge in [0.25, 0.3) is 0 Å². The minimum atomic E-state index is -3.36. The van der Waals surface area contributed by atoms with Gasteiger partial charge in [0, 0.05) is 30.2 Å². The Labute approximate surface area is 135 Å². The molecule has 1 fully saturated rings. The first-order valence-corrected chi connectivity index (χ1v) is 9.71. The summed E-state index contributed by atoms with van der Waals surface area (Å²) < 4.78 is 27.6. The van der Waals surface area contributed by atoms with Crippen LogP contribution in [0.15, 0.2) is 46.7 Å². The first-order chi connectivity index (χ1) is 10.5. The summed E-state index contributed by atoms with van der Waals surface area (Å²) in [7, 11) is -3.36. The highest BCUT2D eigenvalue weighted by Crippen LogP contribution is 2.24. The fourth-order valence-electron chi connectivity index (χ4n) is 2.73. The van der Waals surface area contributed by atoms with Crippen LogP contribution in [0.4, 0.5) is 5.69 Å². The maximum Gasteiger partial charge on any atom is 0.250 e. The molecule has 0 spiro atoms. The van der Waals surface area contributed by atoms with Crippen LogP contribution in [0.3, 0.4) is 0 Å². The number of hydrogen-bond donors (Lipinski definition) is 1. The van der Waals surface area contributed by atoms with E-state index in [1.807, 2.05) is 31.2 Å². The molecule has 6 heteroatoms. The standard InChI is InChI=1S/C16H20N2O2S2/c1-13-7-8-16(21-13)22(19,20)17-11-14-9-10-18(12-14)15-5-3-2-4-6-15/h2-8,14,17H,9-12H2,1H3. The third-order valence-corrected chi connectivity index (χ3v) is 6.87. The maximum atomic E-state index is 12.2. The third kappa shape index (κ3) is 3.51. The van der Waals surface area contributed by atoms with Crippen molar-refractivity contribution < 1.29 is 8.42 Å². The van der Waals surface area contributed by atoms with Crippen molar-refractivity contribution in [1.29, 1.82) is 0 Å². The van der Waals surface area contributed by atoms with E-state index in [1.54, 1.807) is 6.07 Å². The molecule has 2 aromatic rings. The van der Waals surface area contributed by atoms with Crippen LogP contribution < -0.4 is 9.62 Å². The average Bonchev–Trinajstić information content (AvgIpc) is 3.15. The van der Waals surface area contributed by atoms with E-state index in [9.17, 15) is 8.42 Å². The second-order valence-corrected chi connectivity index (χ2v) is 8.93. The van der Waals surface area contributed by atoms with E-state index in [2.05, 4.69) is 21.8 Å². The Morgan fingerprint density at radius 3 is 2.68 bits per heavy atom. The van der Waals surface area contributed by atoms with Crippen LogP contribution in [0.1, 0.15) is 11.3 Å². The molecule has 1 N–H and O–H groups in total. The first-order valence-electron chi connectivity index (χ1n) is 7.41. The first kappa shape index (κ1) is 15.5. The molecule has 1 aliphatic rings. The smallest absolute Gasteiger partial charge is 0.250 e. The lowest BCUT2D eigenvalue weighted by molar-refractivity contribution is 0.543. The maximum absolute atomic E-state index is 12.2. The van der Waals surface area contributed by atoms with E-state index in [0.717, 1.165) is 24.4 Å². The van der Waals surface area contributed by atoms with Crippen LogP contribution in [-0.2, 0) is 10.0 Å². The molecular formula is C16H20N2O2S2. The van der Waals surface area contributed by atoms with Gasteiger partial charge in [0.2, 0.25) is 10.0 Å². The summed E-state index contributed by atoms with van der Waals surface area (Å²) in [4.78, 5) is 3.32. The average molecular weight is 336 g/mol. The lowest BCUT2D eigenvalue weighted by Gasteiger charge is -2.18. The molecule has 1 unspecified atom stereocenters. The lowest BCUT2D eigenvalue weighted by atomic mass is 10.1. The van der Waals surface area contributed by atoms with Crippen molar-refractivity contribution in [2.75, 3.05) is 24.5 Å². The van der Waals surface area contributed by atoms with Gasteiger partial charge in [-0.05, 0) is 43.5 Å². The topological polar surface area (TPSA) is 49.4 Å². The van der Waals surface area contributed by atoms with Gasteiger partial charge in [0.1, 0.15) is 4.21 Å². The summed E-state index contributed by atoms with van der Waals surface area (Å²) in [5, 5.41) is 0. The predicted octanol–water partition coefficient (Wildman–Crippen LogP) is 2.86. The molecule has 0 bridgehead atoms. The highest BCUT2D eigenvalue weighted by atomic mass is 32.2. The highest BCUT2D eigenvalue weighted by molar-refractivity contribution is 7.91. The van der Waals surface area contributed by atoms with Crippen molar-refractivity contribution in [2.24, 2.45) is 5.92 Å². The molecule has 4 nitrogen and oxygen atoms in total. The van der Waals surface area contributed by atoms with Crippen molar-refractivity contribution in [2.45, 2.75) is 17.6 Å².